The summed E-state index contributed by atoms with van der Waals surface area (Å²) in [5.74, 6) is 1.30. The molecule has 2 N–H and O–H groups in total. The highest BCUT2D eigenvalue weighted by molar-refractivity contribution is 5.43. The number of aromatic nitrogens is 1. The van der Waals surface area contributed by atoms with Crippen molar-refractivity contribution in [3.63, 3.8) is 0 Å². The first-order chi connectivity index (χ1) is 6.24. The van der Waals surface area contributed by atoms with Crippen LogP contribution in [0.3, 0.4) is 0 Å². The van der Waals surface area contributed by atoms with Crippen molar-refractivity contribution in [3.05, 3.63) is 18.2 Å². The van der Waals surface area contributed by atoms with E-state index in [-0.39, 0.29) is 0 Å². The fourth-order valence-corrected chi connectivity index (χ4v) is 0.984. The van der Waals surface area contributed by atoms with Crippen LogP contribution in [0.15, 0.2) is 18.2 Å². The zero-order valence-corrected chi connectivity index (χ0v) is 7.57. The molecule has 13 heavy (non-hydrogen) atoms. The van der Waals surface area contributed by atoms with Gasteiger partial charge in [-0.1, -0.05) is 6.07 Å². The van der Waals surface area contributed by atoms with E-state index in [4.69, 9.17) is 11.0 Å². The van der Waals surface area contributed by atoms with E-state index >= 15 is 0 Å². The molecule has 0 atom stereocenters. The fraction of sp³-hybridized carbons (Fsp3) is 0.333. The number of hydrogen-bond donors (Lipinski definition) is 1. The van der Waals surface area contributed by atoms with Gasteiger partial charge in [0.25, 0.3) is 0 Å². The number of nitrogens with zero attached hydrogens (tertiary/aromatic N) is 3. The number of rotatable bonds is 3. The van der Waals surface area contributed by atoms with Gasteiger partial charge in [-0.2, -0.15) is 5.26 Å². The van der Waals surface area contributed by atoms with Crippen LogP contribution in [0, 0.1) is 11.3 Å². The molecule has 1 rings (SSSR count). The molecule has 1 heterocycles. The third kappa shape index (κ3) is 2.64. The third-order valence-corrected chi connectivity index (χ3v) is 1.71. The Morgan fingerprint density at radius 2 is 2.38 bits per heavy atom. The van der Waals surface area contributed by atoms with E-state index in [1.54, 1.807) is 6.07 Å². The van der Waals surface area contributed by atoms with Gasteiger partial charge in [0.1, 0.15) is 11.6 Å². The van der Waals surface area contributed by atoms with Crippen molar-refractivity contribution >= 4 is 11.6 Å². The van der Waals surface area contributed by atoms with Gasteiger partial charge in [-0.15, -0.1) is 0 Å². The smallest absolute Gasteiger partial charge is 0.130 e. The first kappa shape index (κ1) is 9.33. The van der Waals surface area contributed by atoms with Crippen molar-refractivity contribution in [1.82, 2.24) is 4.98 Å². The van der Waals surface area contributed by atoms with Crippen LogP contribution in [0.5, 0.6) is 0 Å². The van der Waals surface area contributed by atoms with Crippen molar-refractivity contribution in [2.75, 3.05) is 24.2 Å². The van der Waals surface area contributed by atoms with Crippen molar-refractivity contribution in [2.24, 2.45) is 0 Å². The first-order valence-electron chi connectivity index (χ1n) is 4.04. The van der Waals surface area contributed by atoms with E-state index in [0.29, 0.717) is 18.8 Å². The Hall–Kier alpha value is -1.76. The molecule has 0 aliphatic carbocycles. The SMILES string of the molecule is CN(CCC#N)c1cccc(N)n1. The number of pyridine rings is 1. The molecule has 1 aromatic rings. The molecule has 4 nitrogen and oxygen atoms in total. The normalized spacial score (nSPS) is 9.23. The van der Waals surface area contributed by atoms with Crippen LogP contribution in [-0.2, 0) is 0 Å². The zero-order chi connectivity index (χ0) is 9.68. The van der Waals surface area contributed by atoms with Crippen LogP contribution < -0.4 is 10.6 Å². The predicted octanol–water partition coefficient (Wildman–Crippen LogP) is 1.01. The average molecular weight is 176 g/mol. The molecule has 0 aromatic carbocycles. The maximum absolute atomic E-state index is 8.39. The Morgan fingerprint density at radius 1 is 1.62 bits per heavy atom. The minimum absolute atomic E-state index is 0.493. The van der Waals surface area contributed by atoms with Crippen LogP contribution in [0.25, 0.3) is 0 Å². The van der Waals surface area contributed by atoms with Crippen LogP contribution in [0.4, 0.5) is 11.6 Å². The molecule has 0 aliphatic heterocycles. The predicted molar refractivity (Wildman–Crippen MR) is 52.1 cm³/mol. The summed E-state index contributed by atoms with van der Waals surface area (Å²) in [7, 11) is 1.89. The van der Waals surface area contributed by atoms with Crippen LogP contribution in [0.2, 0.25) is 0 Å². The third-order valence-electron chi connectivity index (χ3n) is 1.71. The zero-order valence-electron chi connectivity index (χ0n) is 7.57. The summed E-state index contributed by atoms with van der Waals surface area (Å²) in [5, 5.41) is 8.39. The highest BCUT2D eigenvalue weighted by Gasteiger charge is 2.00. The lowest BCUT2D eigenvalue weighted by Crippen LogP contribution is -2.19. The van der Waals surface area contributed by atoms with Crippen molar-refractivity contribution in [2.45, 2.75) is 6.42 Å². The molecule has 0 saturated heterocycles. The van der Waals surface area contributed by atoms with Gasteiger partial charge in [-0.25, -0.2) is 4.98 Å². The molecule has 0 fully saturated rings. The summed E-state index contributed by atoms with van der Waals surface area (Å²) in [4.78, 5) is 6.02. The van der Waals surface area contributed by atoms with Gasteiger partial charge >= 0.3 is 0 Å². The Bertz CT molecular complexity index is 316. The summed E-state index contributed by atoms with van der Waals surface area (Å²) in [6.45, 7) is 0.674. The number of anilines is 2. The van der Waals surface area contributed by atoms with E-state index < -0.39 is 0 Å². The Morgan fingerprint density at radius 3 is 3.00 bits per heavy atom. The molecular weight excluding hydrogens is 164 g/mol. The molecular formula is C9H12N4. The summed E-state index contributed by atoms with van der Waals surface area (Å²) >= 11 is 0. The van der Waals surface area contributed by atoms with Crippen molar-refractivity contribution in [1.29, 1.82) is 5.26 Å². The van der Waals surface area contributed by atoms with E-state index in [1.165, 1.54) is 0 Å². The van der Waals surface area contributed by atoms with Crippen LogP contribution >= 0.6 is 0 Å². The highest BCUT2D eigenvalue weighted by Crippen LogP contribution is 2.10. The van der Waals surface area contributed by atoms with E-state index in [9.17, 15) is 0 Å². The number of nitrogen functional groups attached to an aromatic ring is 1. The lowest BCUT2D eigenvalue weighted by Gasteiger charge is -2.16. The van der Waals surface area contributed by atoms with Gasteiger partial charge in [0.15, 0.2) is 0 Å². The lowest BCUT2D eigenvalue weighted by atomic mass is 10.4. The molecule has 1 aromatic heterocycles. The Labute approximate surface area is 77.6 Å². The van der Waals surface area contributed by atoms with Gasteiger partial charge in [0, 0.05) is 13.6 Å². The van der Waals surface area contributed by atoms with Gasteiger partial charge in [0.05, 0.1) is 12.5 Å². The standard InChI is InChI=1S/C9H12N4/c1-13(7-3-6-10)9-5-2-4-8(11)12-9/h2,4-5H,3,7H2,1H3,(H2,11,12). The maximum Gasteiger partial charge on any atom is 0.130 e. The second-order valence-corrected chi connectivity index (χ2v) is 2.75. The first-order valence-corrected chi connectivity index (χ1v) is 4.04. The Kier molecular flexibility index (Phi) is 3.09. The molecule has 4 heteroatoms. The largest absolute Gasteiger partial charge is 0.384 e. The molecule has 0 saturated carbocycles. The average Bonchev–Trinajstić information content (AvgIpc) is 2.14. The molecule has 0 amide bonds. The van der Waals surface area contributed by atoms with Gasteiger partial charge in [0.2, 0.25) is 0 Å². The minimum Gasteiger partial charge on any atom is -0.384 e. The fourth-order valence-electron chi connectivity index (χ4n) is 0.984. The van der Waals surface area contributed by atoms with E-state index in [0.717, 1.165) is 5.82 Å². The molecule has 0 aliphatic rings. The van der Waals surface area contributed by atoms with E-state index in [2.05, 4.69) is 11.1 Å². The second-order valence-electron chi connectivity index (χ2n) is 2.75. The molecule has 0 bridgehead atoms. The van der Waals surface area contributed by atoms with Gasteiger partial charge in [-0.3, -0.25) is 0 Å². The summed E-state index contributed by atoms with van der Waals surface area (Å²) < 4.78 is 0. The minimum atomic E-state index is 0.493. The van der Waals surface area contributed by atoms with E-state index in [1.807, 2.05) is 24.1 Å². The summed E-state index contributed by atoms with van der Waals surface area (Å²) in [6.07, 6.45) is 0.493. The molecule has 0 unspecified atom stereocenters. The lowest BCUT2D eigenvalue weighted by molar-refractivity contribution is 0.886. The Balaban J connectivity index is 2.66. The number of nitrogens with two attached hydrogens (primary N) is 1. The molecule has 0 radical (unpaired) electrons. The topological polar surface area (TPSA) is 65.9 Å². The van der Waals surface area contributed by atoms with Gasteiger partial charge < -0.3 is 10.6 Å². The molecule has 68 valence electrons. The summed E-state index contributed by atoms with van der Waals surface area (Å²) in [6, 6.07) is 7.54. The van der Waals surface area contributed by atoms with Crippen LogP contribution in [-0.4, -0.2) is 18.6 Å². The molecule has 0 spiro atoms. The highest BCUT2D eigenvalue weighted by atomic mass is 15.2. The van der Waals surface area contributed by atoms with Gasteiger partial charge in [-0.05, 0) is 12.1 Å². The van der Waals surface area contributed by atoms with Crippen LogP contribution in [0.1, 0.15) is 6.42 Å². The van der Waals surface area contributed by atoms with Crippen molar-refractivity contribution in [3.8, 4) is 6.07 Å². The van der Waals surface area contributed by atoms with Crippen molar-refractivity contribution < 1.29 is 0 Å². The monoisotopic (exact) mass is 176 g/mol. The quantitative estimate of drug-likeness (QED) is 0.746. The summed E-state index contributed by atoms with van der Waals surface area (Å²) in [5.41, 5.74) is 5.52. The number of nitriles is 1. The maximum atomic E-state index is 8.39. The number of hydrogen-bond acceptors (Lipinski definition) is 4. The second kappa shape index (κ2) is 4.31.